The van der Waals surface area contributed by atoms with E-state index in [-0.39, 0.29) is 0 Å². The average Bonchev–Trinajstić information content (AvgIpc) is 2.37. The van der Waals surface area contributed by atoms with Crippen LogP contribution < -0.4 is 0 Å². The fraction of sp³-hybridized carbons (Fsp3) is 0.444. The standard InChI is InChI=1S/C9H13NOS/c1-8-3-6-12-9(8)7-10(2)4-5-11/h3,5-6H,4,7H2,1-2H3. The zero-order chi connectivity index (χ0) is 8.97. The van der Waals surface area contributed by atoms with Gasteiger partial charge in [0.2, 0.25) is 0 Å². The topological polar surface area (TPSA) is 20.3 Å². The molecule has 0 aliphatic heterocycles. The van der Waals surface area contributed by atoms with Gasteiger partial charge < -0.3 is 4.79 Å². The van der Waals surface area contributed by atoms with Crippen molar-refractivity contribution >= 4 is 17.6 Å². The van der Waals surface area contributed by atoms with Crippen molar-refractivity contribution in [3.63, 3.8) is 0 Å². The summed E-state index contributed by atoms with van der Waals surface area (Å²) in [5.74, 6) is 0. The van der Waals surface area contributed by atoms with Crippen molar-refractivity contribution in [3.05, 3.63) is 21.9 Å². The van der Waals surface area contributed by atoms with Gasteiger partial charge in [-0.05, 0) is 31.0 Å². The molecule has 1 aromatic heterocycles. The summed E-state index contributed by atoms with van der Waals surface area (Å²) in [6, 6.07) is 2.11. The van der Waals surface area contributed by atoms with Crippen LogP contribution in [0.1, 0.15) is 10.4 Å². The van der Waals surface area contributed by atoms with Crippen molar-refractivity contribution in [2.24, 2.45) is 0 Å². The number of hydrogen-bond donors (Lipinski definition) is 0. The second kappa shape index (κ2) is 4.38. The Bertz CT molecular complexity index is 257. The van der Waals surface area contributed by atoms with Crippen LogP contribution in [0.5, 0.6) is 0 Å². The smallest absolute Gasteiger partial charge is 0.133 e. The van der Waals surface area contributed by atoms with Gasteiger partial charge in [-0.15, -0.1) is 11.3 Å². The zero-order valence-electron chi connectivity index (χ0n) is 7.41. The van der Waals surface area contributed by atoms with Gasteiger partial charge in [-0.2, -0.15) is 0 Å². The summed E-state index contributed by atoms with van der Waals surface area (Å²) < 4.78 is 0. The van der Waals surface area contributed by atoms with E-state index in [2.05, 4.69) is 18.4 Å². The maximum Gasteiger partial charge on any atom is 0.133 e. The zero-order valence-corrected chi connectivity index (χ0v) is 8.23. The van der Waals surface area contributed by atoms with Crippen LogP contribution in [0.25, 0.3) is 0 Å². The highest BCUT2D eigenvalue weighted by molar-refractivity contribution is 7.10. The molecule has 0 aliphatic carbocycles. The molecule has 1 aromatic rings. The Morgan fingerprint density at radius 3 is 2.92 bits per heavy atom. The molecule has 0 unspecified atom stereocenters. The number of aldehydes is 1. The molecule has 66 valence electrons. The molecule has 0 N–H and O–H groups in total. The van der Waals surface area contributed by atoms with Gasteiger partial charge >= 0.3 is 0 Å². The van der Waals surface area contributed by atoms with Gasteiger partial charge in [0.25, 0.3) is 0 Å². The van der Waals surface area contributed by atoms with Crippen molar-refractivity contribution in [2.75, 3.05) is 13.6 Å². The van der Waals surface area contributed by atoms with E-state index in [0.717, 1.165) is 12.8 Å². The quantitative estimate of drug-likeness (QED) is 0.662. The third-order valence-electron chi connectivity index (χ3n) is 1.77. The highest BCUT2D eigenvalue weighted by atomic mass is 32.1. The first-order chi connectivity index (χ1) is 5.74. The molecule has 0 amide bonds. The van der Waals surface area contributed by atoms with Crippen LogP contribution in [-0.4, -0.2) is 24.8 Å². The van der Waals surface area contributed by atoms with Gasteiger partial charge in [0.05, 0.1) is 6.54 Å². The molecular formula is C9H13NOS. The van der Waals surface area contributed by atoms with Crippen molar-refractivity contribution in [1.29, 1.82) is 0 Å². The van der Waals surface area contributed by atoms with E-state index in [0.29, 0.717) is 6.54 Å². The molecule has 0 spiro atoms. The number of rotatable bonds is 4. The first kappa shape index (κ1) is 9.42. The van der Waals surface area contributed by atoms with Crippen LogP contribution >= 0.6 is 11.3 Å². The molecule has 0 aliphatic rings. The minimum absolute atomic E-state index is 0.511. The molecular weight excluding hydrogens is 170 g/mol. The van der Waals surface area contributed by atoms with E-state index in [9.17, 15) is 4.79 Å². The fourth-order valence-electron chi connectivity index (χ4n) is 1.00. The van der Waals surface area contributed by atoms with Crippen LogP contribution in [0, 0.1) is 6.92 Å². The predicted molar refractivity (Wildman–Crippen MR) is 51.5 cm³/mol. The molecule has 0 saturated carbocycles. The normalized spacial score (nSPS) is 10.6. The molecule has 0 bridgehead atoms. The Kier molecular flexibility index (Phi) is 3.44. The lowest BCUT2D eigenvalue weighted by Crippen LogP contribution is -2.19. The summed E-state index contributed by atoms with van der Waals surface area (Å²) >= 11 is 1.75. The van der Waals surface area contributed by atoms with E-state index < -0.39 is 0 Å². The highest BCUT2D eigenvalue weighted by Gasteiger charge is 2.02. The Hall–Kier alpha value is -0.670. The van der Waals surface area contributed by atoms with E-state index in [1.807, 2.05) is 11.9 Å². The van der Waals surface area contributed by atoms with Crippen LogP contribution in [0.15, 0.2) is 11.4 Å². The molecule has 3 heteroatoms. The minimum Gasteiger partial charge on any atom is -0.302 e. The number of carbonyl (C=O) groups is 1. The number of thiophene rings is 1. The minimum atomic E-state index is 0.511. The lowest BCUT2D eigenvalue weighted by molar-refractivity contribution is -0.108. The summed E-state index contributed by atoms with van der Waals surface area (Å²) in [6.45, 7) is 3.49. The van der Waals surface area contributed by atoms with Crippen LogP contribution in [0.2, 0.25) is 0 Å². The van der Waals surface area contributed by atoms with E-state index in [1.165, 1.54) is 10.4 Å². The molecule has 2 nitrogen and oxygen atoms in total. The Balaban J connectivity index is 2.51. The number of aryl methyl sites for hydroxylation is 1. The molecule has 12 heavy (non-hydrogen) atoms. The van der Waals surface area contributed by atoms with Gasteiger partial charge in [-0.1, -0.05) is 0 Å². The van der Waals surface area contributed by atoms with Crippen molar-refractivity contribution in [3.8, 4) is 0 Å². The lowest BCUT2D eigenvalue weighted by atomic mass is 10.3. The third-order valence-corrected chi connectivity index (χ3v) is 2.78. The first-order valence-electron chi connectivity index (χ1n) is 3.89. The highest BCUT2D eigenvalue weighted by Crippen LogP contribution is 2.16. The first-order valence-corrected chi connectivity index (χ1v) is 4.77. The van der Waals surface area contributed by atoms with E-state index in [4.69, 9.17) is 0 Å². The lowest BCUT2D eigenvalue weighted by Gasteiger charge is -2.11. The van der Waals surface area contributed by atoms with Gasteiger partial charge in [0.15, 0.2) is 0 Å². The van der Waals surface area contributed by atoms with Gasteiger partial charge in [-0.25, -0.2) is 0 Å². The Morgan fingerprint density at radius 1 is 1.67 bits per heavy atom. The molecule has 0 aromatic carbocycles. The Morgan fingerprint density at radius 2 is 2.42 bits per heavy atom. The van der Waals surface area contributed by atoms with Crippen molar-refractivity contribution in [1.82, 2.24) is 4.90 Å². The summed E-state index contributed by atoms with van der Waals surface area (Å²) in [5.41, 5.74) is 1.32. The molecule has 0 saturated heterocycles. The maximum atomic E-state index is 10.2. The Labute approximate surface area is 76.8 Å². The monoisotopic (exact) mass is 183 g/mol. The summed E-state index contributed by atoms with van der Waals surface area (Å²) in [7, 11) is 1.95. The number of carbonyl (C=O) groups excluding carboxylic acids is 1. The molecule has 1 rings (SSSR count). The third kappa shape index (κ3) is 2.43. The van der Waals surface area contributed by atoms with Gasteiger partial charge in [0, 0.05) is 11.4 Å². The molecule has 0 radical (unpaired) electrons. The fourth-order valence-corrected chi connectivity index (χ4v) is 1.99. The van der Waals surface area contributed by atoms with Crippen molar-refractivity contribution in [2.45, 2.75) is 13.5 Å². The van der Waals surface area contributed by atoms with Gasteiger partial charge in [0.1, 0.15) is 6.29 Å². The second-order valence-corrected chi connectivity index (χ2v) is 3.89. The maximum absolute atomic E-state index is 10.2. The molecule has 0 atom stereocenters. The predicted octanol–water partition coefficient (Wildman–Crippen LogP) is 1.69. The summed E-state index contributed by atoms with van der Waals surface area (Å²) in [5, 5.41) is 2.08. The van der Waals surface area contributed by atoms with E-state index >= 15 is 0 Å². The van der Waals surface area contributed by atoms with Gasteiger partial charge in [-0.3, -0.25) is 4.90 Å². The SMILES string of the molecule is Cc1ccsc1CN(C)CC=O. The van der Waals surface area contributed by atoms with Crippen LogP contribution in [0.4, 0.5) is 0 Å². The second-order valence-electron chi connectivity index (χ2n) is 2.89. The van der Waals surface area contributed by atoms with Crippen molar-refractivity contribution < 1.29 is 4.79 Å². The summed E-state index contributed by atoms with van der Waals surface area (Å²) in [6.07, 6.45) is 0.933. The summed E-state index contributed by atoms with van der Waals surface area (Å²) in [4.78, 5) is 13.5. The largest absolute Gasteiger partial charge is 0.302 e. The number of hydrogen-bond acceptors (Lipinski definition) is 3. The average molecular weight is 183 g/mol. The van der Waals surface area contributed by atoms with E-state index in [1.54, 1.807) is 11.3 Å². The van der Waals surface area contributed by atoms with Crippen LogP contribution in [-0.2, 0) is 11.3 Å². The molecule has 1 heterocycles. The molecule has 0 fully saturated rings. The van der Waals surface area contributed by atoms with Crippen LogP contribution in [0.3, 0.4) is 0 Å². The number of nitrogens with zero attached hydrogens (tertiary/aromatic N) is 1. The number of likely N-dealkylation sites (N-methyl/N-ethyl adjacent to an activating group) is 1.